The van der Waals surface area contributed by atoms with E-state index in [0.717, 1.165) is 24.1 Å². The highest BCUT2D eigenvalue weighted by Crippen LogP contribution is 2.63. The highest BCUT2D eigenvalue weighted by molar-refractivity contribution is 5.95. The van der Waals surface area contributed by atoms with Gasteiger partial charge in [-0.1, -0.05) is 51.1 Å². The van der Waals surface area contributed by atoms with Crippen LogP contribution < -0.4 is 10.9 Å². The van der Waals surface area contributed by atoms with Crippen molar-refractivity contribution < 1.29 is 14.4 Å². The van der Waals surface area contributed by atoms with Gasteiger partial charge in [0.1, 0.15) is 0 Å². The maximum absolute atomic E-state index is 12.4. The van der Waals surface area contributed by atoms with Gasteiger partial charge in [-0.15, -0.1) is 0 Å². The molecule has 0 aromatic heterocycles. The Morgan fingerprint density at radius 3 is 2.46 bits per heavy atom. The minimum Gasteiger partial charge on any atom is -0.272 e. The summed E-state index contributed by atoms with van der Waals surface area (Å²) in [6.45, 7) is 10.2. The number of hydrogen-bond donors (Lipinski definition) is 2. The van der Waals surface area contributed by atoms with Gasteiger partial charge in [0.2, 0.25) is 0 Å². The van der Waals surface area contributed by atoms with E-state index in [9.17, 15) is 9.59 Å². The molecule has 2 atom stereocenters. The first-order valence-electron chi connectivity index (χ1n) is 9.92. The van der Waals surface area contributed by atoms with Gasteiger partial charge in [-0.05, 0) is 50.0 Å². The number of carbonyl (C=O) groups is 2. The first kappa shape index (κ1) is 20.5. The van der Waals surface area contributed by atoms with Crippen molar-refractivity contribution in [2.45, 2.75) is 59.3 Å². The molecule has 6 heteroatoms. The summed E-state index contributed by atoms with van der Waals surface area (Å²) in [5, 5.41) is 4.39. The quantitative estimate of drug-likeness (QED) is 0.737. The molecule has 2 unspecified atom stereocenters. The van der Waals surface area contributed by atoms with Crippen LogP contribution in [0.25, 0.3) is 0 Å². The van der Waals surface area contributed by atoms with Crippen LogP contribution in [0.5, 0.6) is 0 Å². The van der Waals surface area contributed by atoms with Crippen molar-refractivity contribution in [1.82, 2.24) is 10.9 Å². The van der Waals surface area contributed by atoms with E-state index in [2.05, 4.69) is 36.8 Å². The van der Waals surface area contributed by atoms with Crippen molar-refractivity contribution in [3.8, 4) is 0 Å². The molecule has 28 heavy (non-hydrogen) atoms. The Hall–Kier alpha value is -2.21. The number of hydrogen-bond acceptors (Lipinski definition) is 4. The van der Waals surface area contributed by atoms with Crippen molar-refractivity contribution in [3.63, 3.8) is 0 Å². The molecule has 152 valence electrons. The predicted molar refractivity (Wildman–Crippen MR) is 108 cm³/mol. The fourth-order valence-corrected chi connectivity index (χ4v) is 4.54. The normalized spacial score (nSPS) is 27.0. The zero-order valence-corrected chi connectivity index (χ0v) is 17.5. The molecule has 2 fully saturated rings. The van der Waals surface area contributed by atoms with Crippen LogP contribution in [0.15, 0.2) is 35.4 Å². The smallest absolute Gasteiger partial charge is 0.268 e. The first-order chi connectivity index (χ1) is 13.1. The molecule has 0 spiro atoms. The zero-order chi connectivity index (χ0) is 20.6. The van der Waals surface area contributed by atoms with Crippen molar-refractivity contribution in [2.75, 3.05) is 6.61 Å². The average Bonchev–Trinajstić information content (AvgIpc) is 3.00. The largest absolute Gasteiger partial charge is 0.272 e. The summed E-state index contributed by atoms with van der Waals surface area (Å²) < 4.78 is 0. The number of hydroxylamine groups is 1. The van der Waals surface area contributed by atoms with Gasteiger partial charge >= 0.3 is 0 Å². The molecule has 2 aliphatic carbocycles. The van der Waals surface area contributed by atoms with Crippen molar-refractivity contribution in [1.29, 1.82) is 0 Å². The molecule has 2 N–H and O–H groups in total. The third-order valence-corrected chi connectivity index (χ3v) is 7.26. The van der Waals surface area contributed by atoms with E-state index in [4.69, 9.17) is 4.84 Å². The number of hydrazone groups is 1. The van der Waals surface area contributed by atoms with E-state index in [1.807, 2.05) is 44.2 Å². The Balaban J connectivity index is 1.49. The number of benzene rings is 1. The van der Waals surface area contributed by atoms with Gasteiger partial charge in [-0.3, -0.25) is 14.4 Å². The highest BCUT2D eigenvalue weighted by atomic mass is 16.7. The van der Waals surface area contributed by atoms with Gasteiger partial charge in [0.25, 0.3) is 11.8 Å². The van der Waals surface area contributed by atoms with Crippen LogP contribution in [-0.4, -0.2) is 24.1 Å². The van der Waals surface area contributed by atoms with Crippen molar-refractivity contribution in [3.05, 3.63) is 35.9 Å². The van der Waals surface area contributed by atoms with Crippen LogP contribution in [0.1, 0.15) is 59.4 Å². The number of fused-ring (bicyclic) bond motifs is 2. The Bertz CT molecular complexity index is 785. The molecular formula is C22H31N3O3. The molecule has 2 bridgehead atoms. The molecule has 2 aliphatic rings. The Morgan fingerprint density at radius 2 is 1.89 bits per heavy atom. The van der Waals surface area contributed by atoms with Crippen LogP contribution >= 0.6 is 0 Å². The Morgan fingerprint density at radius 1 is 1.21 bits per heavy atom. The van der Waals surface area contributed by atoms with Gasteiger partial charge < -0.3 is 0 Å². The van der Waals surface area contributed by atoms with E-state index in [-0.39, 0.29) is 29.3 Å². The number of nitrogens with one attached hydrogen (secondary N) is 2. The molecule has 2 amide bonds. The summed E-state index contributed by atoms with van der Waals surface area (Å²) in [6.07, 6.45) is 3.27. The van der Waals surface area contributed by atoms with Crippen molar-refractivity contribution in [2.24, 2.45) is 21.8 Å². The molecule has 0 saturated heterocycles. The number of amides is 2. The number of carbonyl (C=O) groups excluding carboxylic acids is 2. The first-order valence-corrected chi connectivity index (χ1v) is 9.92. The van der Waals surface area contributed by atoms with E-state index in [0.29, 0.717) is 5.92 Å². The summed E-state index contributed by atoms with van der Waals surface area (Å²) in [5.74, 6) is -0.0569. The molecule has 3 rings (SSSR count). The maximum Gasteiger partial charge on any atom is 0.268 e. The zero-order valence-electron chi connectivity index (χ0n) is 17.5. The van der Waals surface area contributed by atoms with E-state index < -0.39 is 5.41 Å². The molecule has 0 aliphatic heterocycles. The molecule has 0 heterocycles. The fourth-order valence-electron chi connectivity index (χ4n) is 4.54. The summed E-state index contributed by atoms with van der Waals surface area (Å²) in [6, 6.07) is 9.45. The summed E-state index contributed by atoms with van der Waals surface area (Å²) in [4.78, 5) is 29.6. The fraction of sp³-hybridized carbons (Fsp3) is 0.591. The molecule has 2 saturated carbocycles. The van der Waals surface area contributed by atoms with Crippen LogP contribution in [-0.2, 0) is 19.8 Å². The standard InChI is InChI=1S/C22H31N3O3/c1-20(2,15-9-7-6-8-10-15)19(27)25-28-14-18(26)24-23-17-13-16-11-12-22(17,5)21(16,3)4/h6-10,16H,11-14H2,1-5H3,(H,24,26)(H,25,27)/b23-17-. The SMILES string of the molecule is CC(C)(C(=O)NOCC(=O)N/N=C1/CC2CCC1(C)C2(C)C)c1ccccc1. The van der Waals surface area contributed by atoms with Crippen LogP contribution in [0.3, 0.4) is 0 Å². The summed E-state index contributed by atoms with van der Waals surface area (Å²) in [5.41, 5.74) is 6.40. The van der Waals surface area contributed by atoms with E-state index >= 15 is 0 Å². The second-order valence-corrected chi connectivity index (χ2v) is 9.30. The van der Waals surface area contributed by atoms with Gasteiger partial charge in [0.05, 0.1) is 5.41 Å². The van der Waals surface area contributed by atoms with Gasteiger partial charge in [-0.2, -0.15) is 5.10 Å². The lowest BCUT2D eigenvalue weighted by atomic mass is 9.70. The van der Waals surface area contributed by atoms with Gasteiger partial charge in [-0.25, -0.2) is 10.9 Å². The Labute approximate surface area is 167 Å². The van der Waals surface area contributed by atoms with Gasteiger partial charge in [0, 0.05) is 11.1 Å². The summed E-state index contributed by atoms with van der Waals surface area (Å²) in [7, 11) is 0. The predicted octanol–water partition coefficient (Wildman–Crippen LogP) is 3.33. The third kappa shape index (κ3) is 3.46. The van der Waals surface area contributed by atoms with E-state index in [1.165, 1.54) is 6.42 Å². The lowest BCUT2D eigenvalue weighted by molar-refractivity contribution is -0.142. The minimum absolute atomic E-state index is 0.0414. The third-order valence-electron chi connectivity index (χ3n) is 7.26. The second-order valence-electron chi connectivity index (χ2n) is 9.30. The van der Waals surface area contributed by atoms with Gasteiger partial charge in [0.15, 0.2) is 6.61 Å². The average molecular weight is 386 g/mol. The lowest BCUT2D eigenvalue weighted by Crippen LogP contribution is -2.41. The molecule has 1 aromatic rings. The second kappa shape index (κ2) is 7.32. The Kier molecular flexibility index (Phi) is 5.36. The number of rotatable bonds is 6. The van der Waals surface area contributed by atoms with Crippen molar-refractivity contribution >= 4 is 17.5 Å². The molecule has 1 aromatic carbocycles. The topological polar surface area (TPSA) is 79.8 Å². The minimum atomic E-state index is -0.763. The van der Waals surface area contributed by atoms with Crippen LogP contribution in [0.4, 0.5) is 0 Å². The lowest BCUT2D eigenvalue weighted by Gasteiger charge is -2.34. The molecule has 0 radical (unpaired) electrons. The summed E-state index contributed by atoms with van der Waals surface area (Å²) >= 11 is 0. The maximum atomic E-state index is 12.4. The molecular weight excluding hydrogens is 354 g/mol. The molecule has 6 nitrogen and oxygen atoms in total. The van der Waals surface area contributed by atoms with Crippen LogP contribution in [0.2, 0.25) is 0 Å². The van der Waals surface area contributed by atoms with Crippen LogP contribution in [0, 0.1) is 16.7 Å². The van der Waals surface area contributed by atoms with E-state index in [1.54, 1.807) is 0 Å². The highest BCUT2D eigenvalue weighted by Gasteiger charge is 2.60. The number of nitrogens with zero attached hydrogens (tertiary/aromatic N) is 1. The monoisotopic (exact) mass is 385 g/mol.